The molecule has 0 saturated heterocycles. The fourth-order valence-electron chi connectivity index (χ4n) is 3.10. The monoisotopic (exact) mass is 431 g/mol. The molecule has 2 aromatic carbocycles. The number of carbonyl (C=O) groups is 1. The molecule has 0 radical (unpaired) electrons. The number of hydrogen-bond donors (Lipinski definition) is 2. The van der Waals surface area contributed by atoms with E-state index in [1.165, 1.54) is 17.7 Å². The molecule has 0 bridgehead atoms. The van der Waals surface area contributed by atoms with Gasteiger partial charge in [0.05, 0.1) is 4.90 Å². The van der Waals surface area contributed by atoms with Crippen LogP contribution in [0, 0.1) is 6.92 Å². The molecule has 2 aromatic rings. The van der Waals surface area contributed by atoms with Crippen molar-refractivity contribution in [2.24, 2.45) is 0 Å². The van der Waals surface area contributed by atoms with E-state index in [1.54, 1.807) is 33.8 Å². The van der Waals surface area contributed by atoms with Crippen LogP contribution in [0.1, 0.15) is 48.7 Å². The average molecular weight is 432 g/mol. The molecule has 0 heterocycles. The van der Waals surface area contributed by atoms with Gasteiger partial charge in [0, 0.05) is 24.2 Å². The summed E-state index contributed by atoms with van der Waals surface area (Å²) in [7, 11) is -1.64. The number of rotatable bonds is 9. The Labute approximate surface area is 180 Å². The fourth-order valence-corrected chi connectivity index (χ4v) is 4.54. The van der Waals surface area contributed by atoms with Crippen LogP contribution in [0.2, 0.25) is 0 Å². The maximum atomic E-state index is 12.6. The number of carbonyl (C=O) groups excluding carboxylic acids is 1. The molecule has 6 nitrogen and oxygen atoms in total. The van der Waals surface area contributed by atoms with E-state index in [1.807, 2.05) is 18.2 Å². The molecule has 2 N–H and O–H groups in total. The third kappa shape index (κ3) is 7.55. The average Bonchev–Trinajstić information content (AvgIpc) is 2.64. The summed E-state index contributed by atoms with van der Waals surface area (Å²) in [6, 6.07) is 14.9. The van der Waals surface area contributed by atoms with Crippen LogP contribution >= 0.6 is 0 Å². The van der Waals surface area contributed by atoms with Gasteiger partial charge in [0.1, 0.15) is 0 Å². The SMILES string of the molecule is Cc1ccc(S(=O)(=O)NC(C)(C)C)cc1C(=O)NCCCN(C)Cc1ccccc1. The Kier molecular flexibility index (Phi) is 8.18. The van der Waals surface area contributed by atoms with Crippen LogP contribution in [0.15, 0.2) is 53.4 Å². The second-order valence-electron chi connectivity index (χ2n) is 8.67. The van der Waals surface area contributed by atoms with Crippen molar-refractivity contribution in [3.05, 3.63) is 65.2 Å². The van der Waals surface area contributed by atoms with Crippen molar-refractivity contribution >= 4 is 15.9 Å². The quantitative estimate of drug-likeness (QED) is 0.597. The zero-order valence-corrected chi connectivity index (χ0v) is 19.3. The minimum absolute atomic E-state index is 0.0933. The van der Waals surface area contributed by atoms with Crippen LogP contribution in [-0.2, 0) is 16.6 Å². The minimum Gasteiger partial charge on any atom is -0.352 e. The van der Waals surface area contributed by atoms with Gasteiger partial charge in [-0.25, -0.2) is 13.1 Å². The highest BCUT2D eigenvalue weighted by atomic mass is 32.2. The molecular weight excluding hydrogens is 398 g/mol. The number of nitrogens with zero attached hydrogens (tertiary/aromatic N) is 1. The van der Waals surface area contributed by atoms with E-state index in [4.69, 9.17) is 0 Å². The number of amides is 1. The van der Waals surface area contributed by atoms with Gasteiger partial charge in [0.15, 0.2) is 0 Å². The molecule has 0 aliphatic rings. The summed E-state index contributed by atoms with van der Waals surface area (Å²) in [6.45, 7) is 9.36. The van der Waals surface area contributed by atoms with Gasteiger partial charge in [-0.15, -0.1) is 0 Å². The first-order valence-electron chi connectivity index (χ1n) is 10.1. The van der Waals surface area contributed by atoms with Crippen LogP contribution in [-0.4, -0.2) is 44.9 Å². The molecule has 0 atom stereocenters. The molecule has 0 unspecified atom stereocenters. The molecule has 0 fully saturated rings. The molecule has 0 aliphatic carbocycles. The second-order valence-corrected chi connectivity index (χ2v) is 10.3. The zero-order valence-electron chi connectivity index (χ0n) is 18.5. The van der Waals surface area contributed by atoms with E-state index in [0.717, 1.165) is 25.1 Å². The van der Waals surface area contributed by atoms with Crippen molar-refractivity contribution < 1.29 is 13.2 Å². The number of aryl methyl sites for hydroxylation is 1. The Morgan fingerprint density at radius 3 is 2.37 bits per heavy atom. The van der Waals surface area contributed by atoms with Crippen molar-refractivity contribution in [2.75, 3.05) is 20.1 Å². The number of hydrogen-bond acceptors (Lipinski definition) is 4. The summed E-state index contributed by atoms with van der Waals surface area (Å²) in [4.78, 5) is 14.9. The highest BCUT2D eigenvalue weighted by Crippen LogP contribution is 2.17. The predicted octanol–water partition coefficient (Wildman–Crippen LogP) is 3.32. The smallest absolute Gasteiger partial charge is 0.251 e. The molecular formula is C23H33N3O3S. The summed E-state index contributed by atoms with van der Waals surface area (Å²) in [5.74, 6) is -0.258. The molecule has 0 saturated carbocycles. The van der Waals surface area contributed by atoms with Crippen molar-refractivity contribution in [3.63, 3.8) is 0 Å². The Bertz CT molecular complexity index is 951. The van der Waals surface area contributed by atoms with Gasteiger partial charge >= 0.3 is 0 Å². The van der Waals surface area contributed by atoms with Gasteiger partial charge in [0.25, 0.3) is 5.91 Å². The number of nitrogens with one attached hydrogen (secondary N) is 2. The summed E-state index contributed by atoms with van der Waals surface area (Å²) < 4.78 is 27.8. The summed E-state index contributed by atoms with van der Waals surface area (Å²) in [6.07, 6.45) is 0.803. The molecule has 164 valence electrons. The van der Waals surface area contributed by atoms with Crippen LogP contribution in [0.25, 0.3) is 0 Å². The van der Waals surface area contributed by atoms with Crippen LogP contribution in [0.5, 0.6) is 0 Å². The van der Waals surface area contributed by atoms with E-state index in [-0.39, 0.29) is 10.8 Å². The summed E-state index contributed by atoms with van der Waals surface area (Å²) in [5.41, 5.74) is 1.77. The Morgan fingerprint density at radius 1 is 1.07 bits per heavy atom. The Hall–Kier alpha value is -2.22. The highest BCUT2D eigenvalue weighted by Gasteiger charge is 2.23. The first-order valence-corrected chi connectivity index (χ1v) is 11.6. The molecule has 0 aromatic heterocycles. The molecule has 1 amide bonds. The molecule has 30 heavy (non-hydrogen) atoms. The predicted molar refractivity (Wildman–Crippen MR) is 121 cm³/mol. The van der Waals surface area contributed by atoms with Crippen molar-refractivity contribution in [1.29, 1.82) is 0 Å². The van der Waals surface area contributed by atoms with E-state index in [0.29, 0.717) is 12.1 Å². The van der Waals surface area contributed by atoms with Gasteiger partial charge < -0.3 is 10.2 Å². The normalized spacial score (nSPS) is 12.2. The van der Waals surface area contributed by atoms with Crippen LogP contribution in [0.3, 0.4) is 0 Å². The van der Waals surface area contributed by atoms with Gasteiger partial charge in [-0.3, -0.25) is 4.79 Å². The standard InChI is InChI=1S/C23H33N3O3S/c1-18-12-13-20(30(28,29)25-23(2,3)4)16-21(18)22(27)24-14-9-15-26(5)17-19-10-7-6-8-11-19/h6-8,10-13,16,25H,9,14-15,17H2,1-5H3,(H,24,27). The van der Waals surface area contributed by atoms with E-state index in [2.05, 4.69) is 34.1 Å². The topological polar surface area (TPSA) is 78.5 Å². The van der Waals surface area contributed by atoms with Gasteiger partial charge in [-0.1, -0.05) is 36.4 Å². The number of sulfonamides is 1. The lowest BCUT2D eigenvalue weighted by molar-refractivity contribution is 0.0951. The van der Waals surface area contributed by atoms with Crippen LogP contribution in [0.4, 0.5) is 0 Å². The van der Waals surface area contributed by atoms with Gasteiger partial charge in [0.2, 0.25) is 10.0 Å². The minimum atomic E-state index is -3.69. The number of benzene rings is 2. The molecule has 7 heteroatoms. The summed E-state index contributed by atoms with van der Waals surface area (Å²) in [5, 5.41) is 2.91. The highest BCUT2D eigenvalue weighted by molar-refractivity contribution is 7.89. The van der Waals surface area contributed by atoms with E-state index in [9.17, 15) is 13.2 Å². The molecule has 0 spiro atoms. The van der Waals surface area contributed by atoms with Crippen LogP contribution < -0.4 is 10.0 Å². The lowest BCUT2D eigenvalue weighted by Gasteiger charge is -2.21. The Balaban J connectivity index is 1.92. The zero-order chi connectivity index (χ0) is 22.4. The van der Waals surface area contributed by atoms with Crippen molar-refractivity contribution in [1.82, 2.24) is 14.9 Å². The largest absolute Gasteiger partial charge is 0.352 e. The Morgan fingerprint density at radius 2 is 1.73 bits per heavy atom. The second kappa shape index (κ2) is 10.2. The third-order valence-corrected chi connectivity index (χ3v) is 6.26. The van der Waals surface area contributed by atoms with Gasteiger partial charge in [-0.2, -0.15) is 0 Å². The fraction of sp³-hybridized carbons (Fsp3) is 0.435. The first-order chi connectivity index (χ1) is 14.0. The van der Waals surface area contributed by atoms with E-state index < -0.39 is 15.6 Å². The lowest BCUT2D eigenvalue weighted by Crippen LogP contribution is -2.40. The van der Waals surface area contributed by atoms with Crippen molar-refractivity contribution in [3.8, 4) is 0 Å². The van der Waals surface area contributed by atoms with E-state index >= 15 is 0 Å². The summed E-state index contributed by atoms with van der Waals surface area (Å²) >= 11 is 0. The van der Waals surface area contributed by atoms with Crippen molar-refractivity contribution in [2.45, 2.75) is 51.1 Å². The third-order valence-electron chi connectivity index (χ3n) is 4.50. The lowest BCUT2D eigenvalue weighted by atomic mass is 10.1. The van der Waals surface area contributed by atoms with Gasteiger partial charge in [-0.05, 0) is 71.0 Å². The molecule has 2 rings (SSSR count). The maximum Gasteiger partial charge on any atom is 0.251 e. The maximum absolute atomic E-state index is 12.6. The first kappa shape index (κ1) is 24.1. The molecule has 0 aliphatic heterocycles.